The van der Waals surface area contributed by atoms with Gasteiger partial charge in [0, 0.05) is 31.1 Å². The largest absolute Gasteiger partial charge is 0.348 e. The summed E-state index contributed by atoms with van der Waals surface area (Å²) in [6, 6.07) is 0.766. The second-order valence-electron chi connectivity index (χ2n) is 4.76. The fourth-order valence-electron chi connectivity index (χ4n) is 1.90. The van der Waals surface area contributed by atoms with Gasteiger partial charge in [-0.3, -0.25) is 0 Å². The quantitative estimate of drug-likeness (QED) is 0.772. The van der Waals surface area contributed by atoms with Crippen molar-refractivity contribution in [3.05, 3.63) is 11.1 Å². The van der Waals surface area contributed by atoms with Gasteiger partial charge in [0.25, 0.3) is 0 Å². The number of thiazole rings is 1. The zero-order valence-electron chi connectivity index (χ0n) is 10.9. The third-order valence-corrected chi connectivity index (χ3v) is 3.90. The molecule has 0 saturated heterocycles. The molecule has 1 aliphatic rings. The molecule has 0 radical (unpaired) electrons. The van der Waals surface area contributed by atoms with Crippen LogP contribution in [0.1, 0.15) is 45.2 Å². The van der Waals surface area contributed by atoms with E-state index in [1.54, 1.807) is 11.3 Å². The molecule has 0 amide bonds. The first-order valence-corrected chi connectivity index (χ1v) is 7.64. The van der Waals surface area contributed by atoms with Gasteiger partial charge in [0.15, 0.2) is 5.13 Å². The highest BCUT2D eigenvalue weighted by Crippen LogP contribution is 2.23. The molecular weight excluding hydrogens is 230 g/mol. The molecule has 0 aliphatic heterocycles. The molecule has 17 heavy (non-hydrogen) atoms. The zero-order chi connectivity index (χ0) is 12.1. The molecule has 3 nitrogen and oxygen atoms in total. The van der Waals surface area contributed by atoms with E-state index >= 15 is 0 Å². The Morgan fingerprint density at radius 3 is 2.65 bits per heavy atom. The van der Waals surface area contributed by atoms with Gasteiger partial charge in [0.1, 0.15) is 0 Å². The number of nitrogens with zero attached hydrogens (tertiary/aromatic N) is 2. The van der Waals surface area contributed by atoms with Crippen molar-refractivity contribution in [1.82, 2.24) is 10.3 Å². The zero-order valence-corrected chi connectivity index (χ0v) is 11.7. The third kappa shape index (κ3) is 3.96. The Morgan fingerprint density at radius 2 is 2.06 bits per heavy atom. The summed E-state index contributed by atoms with van der Waals surface area (Å²) < 4.78 is 0. The van der Waals surface area contributed by atoms with E-state index in [1.807, 2.05) is 0 Å². The normalized spacial score (nSPS) is 15.2. The number of nitrogens with one attached hydrogen (secondary N) is 1. The highest BCUT2D eigenvalue weighted by molar-refractivity contribution is 7.13. The molecule has 1 aromatic heterocycles. The molecule has 4 heteroatoms. The molecule has 0 unspecified atom stereocenters. The molecule has 0 aromatic carbocycles. The van der Waals surface area contributed by atoms with Crippen LogP contribution in [-0.2, 0) is 6.54 Å². The lowest BCUT2D eigenvalue weighted by molar-refractivity contribution is 0.674. The SMILES string of the molecule is CCCN(CCC)c1nc(CNC2CC2)cs1. The van der Waals surface area contributed by atoms with Gasteiger partial charge >= 0.3 is 0 Å². The highest BCUT2D eigenvalue weighted by atomic mass is 32.1. The lowest BCUT2D eigenvalue weighted by Gasteiger charge is -2.19. The van der Waals surface area contributed by atoms with Crippen molar-refractivity contribution in [2.24, 2.45) is 0 Å². The van der Waals surface area contributed by atoms with E-state index in [1.165, 1.54) is 36.5 Å². The number of anilines is 1. The van der Waals surface area contributed by atoms with Crippen molar-refractivity contribution in [3.63, 3.8) is 0 Å². The molecule has 1 aromatic rings. The van der Waals surface area contributed by atoms with Crippen LogP contribution in [0.4, 0.5) is 5.13 Å². The van der Waals surface area contributed by atoms with E-state index in [0.29, 0.717) is 0 Å². The first-order valence-electron chi connectivity index (χ1n) is 6.76. The lowest BCUT2D eigenvalue weighted by atomic mass is 10.4. The smallest absolute Gasteiger partial charge is 0.185 e. The Morgan fingerprint density at radius 1 is 1.35 bits per heavy atom. The first-order chi connectivity index (χ1) is 8.33. The Bertz CT molecular complexity index is 327. The van der Waals surface area contributed by atoms with E-state index < -0.39 is 0 Å². The van der Waals surface area contributed by atoms with Gasteiger partial charge in [-0.05, 0) is 25.7 Å². The van der Waals surface area contributed by atoms with E-state index in [4.69, 9.17) is 4.98 Å². The van der Waals surface area contributed by atoms with Crippen molar-refractivity contribution in [2.45, 2.75) is 52.1 Å². The molecular formula is C13H23N3S. The van der Waals surface area contributed by atoms with Crippen molar-refractivity contribution >= 4 is 16.5 Å². The summed E-state index contributed by atoms with van der Waals surface area (Å²) in [5, 5.41) is 6.91. The Kier molecular flexibility index (Phi) is 4.80. The molecule has 96 valence electrons. The maximum absolute atomic E-state index is 4.73. The molecule has 1 heterocycles. The monoisotopic (exact) mass is 253 g/mol. The van der Waals surface area contributed by atoms with Crippen molar-refractivity contribution in [1.29, 1.82) is 0 Å². The molecule has 0 spiro atoms. The molecule has 1 aliphatic carbocycles. The van der Waals surface area contributed by atoms with Crippen LogP contribution in [0.2, 0.25) is 0 Å². The van der Waals surface area contributed by atoms with Crippen LogP contribution in [0.15, 0.2) is 5.38 Å². The Balaban J connectivity index is 1.88. The summed E-state index contributed by atoms with van der Waals surface area (Å²) in [7, 11) is 0. The molecule has 1 saturated carbocycles. The summed E-state index contributed by atoms with van der Waals surface area (Å²) in [6.07, 6.45) is 5.06. The van der Waals surface area contributed by atoms with E-state index in [2.05, 4.69) is 29.4 Å². The Labute approximate surface area is 108 Å². The number of hydrogen-bond acceptors (Lipinski definition) is 4. The van der Waals surface area contributed by atoms with E-state index in [0.717, 1.165) is 25.7 Å². The summed E-state index contributed by atoms with van der Waals surface area (Å²) >= 11 is 1.78. The minimum absolute atomic E-state index is 0.766. The van der Waals surface area contributed by atoms with Crippen LogP contribution in [0.5, 0.6) is 0 Å². The minimum atomic E-state index is 0.766. The summed E-state index contributed by atoms with van der Waals surface area (Å²) in [4.78, 5) is 7.14. The summed E-state index contributed by atoms with van der Waals surface area (Å²) in [5.41, 5.74) is 1.20. The average Bonchev–Trinajstić information content (AvgIpc) is 3.04. The Hall–Kier alpha value is -0.610. The van der Waals surface area contributed by atoms with Gasteiger partial charge in [0.2, 0.25) is 0 Å². The molecule has 1 N–H and O–H groups in total. The van der Waals surface area contributed by atoms with Crippen LogP contribution in [0.3, 0.4) is 0 Å². The van der Waals surface area contributed by atoms with Gasteiger partial charge in [-0.2, -0.15) is 0 Å². The molecule has 0 atom stereocenters. The standard InChI is InChI=1S/C13H23N3S/c1-3-7-16(8-4-2)13-15-12(10-17-13)9-14-11-5-6-11/h10-11,14H,3-9H2,1-2H3. The van der Waals surface area contributed by atoms with E-state index in [9.17, 15) is 0 Å². The predicted octanol–water partition coefficient (Wildman–Crippen LogP) is 3.02. The maximum atomic E-state index is 4.73. The van der Waals surface area contributed by atoms with Crippen LogP contribution in [-0.4, -0.2) is 24.1 Å². The van der Waals surface area contributed by atoms with Gasteiger partial charge in [0.05, 0.1) is 5.69 Å². The average molecular weight is 253 g/mol. The fourth-order valence-corrected chi connectivity index (χ4v) is 2.78. The maximum Gasteiger partial charge on any atom is 0.185 e. The first kappa shape index (κ1) is 12.8. The summed E-state index contributed by atoms with van der Waals surface area (Å²) in [5.74, 6) is 0. The topological polar surface area (TPSA) is 28.2 Å². The number of rotatable bonds is 8. The minimum Gasteiger partial charge on any atom is -0.348 e. The summed E-state index contributed by atoms with van der Waals surface area (Å²) in [6.45, 7) is 7.64. The van der Waals surface area contributed by atoms with Crippen LogP contribution in [0, 0.1) is 0 Å². The van der Waals surface area contributed by atoms with Crippen LogP contribution < -0.4 is 10.2 Å². The number of hydrogen-bond donors (Lipinski definition) is 1. The van der Waals surface area contributed by atoms with Crippen molar-refractivity contribution < 1.29 is 0 Å². The van der Waals surface area contributed by atoms with Gasteiger partial charge in [-0.25, -0.2) is 4.98 Å². The fraction of sp³-hybridized carbons (Fsp3) is 0.769. The molecule has 1 fully saturated rings. The van der Waals surface area contributed by atoms with Crippen molar-refractivity contribution in [2.75, 3.05) is 18.0 Å². The van der Waals surface area contributed by atoms with Crippen molar-refractivity contribution in [3.8, 4) is 0 Å². The highest BCUT2D eigenvalue weighted by Gasteiger charge is 2.20. The van der Waals surface area contributed by atoms with Crippen LogP contribution >= 0.6 is 11.3 Å². The predicted molar refractivity (Wildman–Crippen MR) is 74.8 cm³/mol. The van der Waals surface area contributed by atoms with Gasteiger partial charge in [-0.15, -0.1) is 11.3 Å². The van der Waals surface area contributed by atoms with Gasteiger partial charge < -0.3 is 10.2 Å². The third-order valence-electron chi connectivity index (χ3n) is 2.95. The van der Waals surface area contributed by atoms with Crippen LogP contribution in [0.25, 0.3) is 0 Å². The van der Waals surface area contributed by atoms with E-state index in [-0.39, 0.29) is 0 Å². The molecule has 0 bridgehead atoms. The second-order valence-corrected chi connectivity index (χ2v) is 5.60. The van der Waals surface area contributed by atoms with Gasteiger partial charge in [-0.1, -0.05) is 13.8 Å². The lowest BCUT2D eigenvalue weighted by Crippen LogP contribution is -2.24. The number of aromatic nitrogens is 1. The molecule has 2 rings (SSSR count). The second kappa shape index (κ2) is 6.36.